The highest BCUT2D eigenvalue weighted by Gasteiger charge is 2.42. The van der Waals surface area contributed by atoms with Crippen LogP contribution in [0.3, 0.4) is 0 Å². The molecule has 0 atom stereocenters. The van der Waals surface area contributed by atoms with E-state index in [0.717, 1.165) is 61.6 Å². The molecule has 49 heavy (non-hydrogen) atoms. The van der Waals surface area contributed by atoms with Crippen LogP contribution in [0.4, 0.5) is 0 Å². The number of ether oxygens (including phenoxy) is 2. The molecule has 0 bridgehead atoms. The van der Waals surface area contributed by atoms with E-state index in [4.69, 9.17) is 19.8 Å². The van der Waals surface area contributed by atoms with Gasteiger partial charge in [0, 0.05) is 35.7 Å². The molecule has 0 fully saturated rings. The number of methoxy groups -OCH3 is 1. The summed E-state index contributed by atoms with van der Waals surface area (Å²) in [5, 5.41) is 13.9. The third-order valence-corrected chi connectivity index (χ3v) is 8.93. The first-order chi connectivity index (χ1) is 24.1. The van der Waals surface area contributed by atoms with Crippen molar-refractivity contribution in [1.29, 1.82) is 0 Å². The lowest BCUT2D eigenvalue weighted by Crippen LogP contribution is -2.39. The predicted octanol–water partition coefficient (Wildman–Crippen LogP) is 8.58. The highest BCUT2D eigenvalue weighted by Crippen LogP contribution is 2.43. The minimum Gasteiger partial charge on any atom is -0.488 e. The Balaban J connectivity index is 1.39. The molecule has 0 saturated heterocycles. The maximum Gasteiger partial charge on any atom is 0.184 e. The number of hydrogen-bond donors (Lipinski definition) is 0. The third-order valence-electron chi connectivity index (χ3n) is 8.93. The van der Waals surface area contributed by atoms with Gasteiger partial charge in [0.1, 0.15) is 17.9 Å². The van der Waals surface area contributed by atoms with Crippen LogP contribution >= 0.6 is 0 Å². The minimum atomic E-state index is -0.868. The van der Waals surface area contributed by atoms with Gasteiger partial charge in [0.05, 0.1) is 6.61 Å². The molecule has 242 valence electrons. The number of nitrogens with zero attached hydrogens (tertiary/aromatic N) is 5. The molecule has 2 heterocycles. The molecule has 0 N–H and O–H groups in total. The number of aryl methyl sites for hydroxylation is 2. The molecule has 7 heteroatoms. The Morgan fingerprint density at radius 2 is 1.14 bits per heavy atom. The largest absolute Gasteiger partial charge is 0.488 e. The average molecular weight is 644 g/mol. The molecule has 0 aliphatic rings. The zero-order valence-electron chi connectivity index (χ0n) is 27.8. The number of benzene rings is 5. The lowest BCUT2D eigenvalue weighted by Gasteiger charge is -2.36. The lowest BCUT2D eigenvalue weighted by atomic mass is 9.77. The average Bonchev–Trinajstić information content (AvgIpc) is 3.64. The summed E-state index contributed by atoms with van der Waals surface area (Å²) < 4.78 is 14.0. The summed E-state index contributed by atoms with van der Waals surface area (Å²) in [5.74, 6) is 1.42. The summed E-state index contributed by atoms with van der Waals surface area (Å²) in [5.41, 5.74) is 8.99. The molecular weight excluding hydrogens is 606 g/mol. The van der Waals surface area contributed by atoms with Crippen LogP contribution in [0, 0.1) is 13.8 Å². The minimum absolute atomic E-state index is 0.358. The van der Waals surface area contributed by atoms with Gasteiger partial charge in [-0.2, -0.15) is 0 Å². The first-order valence-electron chi connectivity index (χ1n) is 16.3. The zero-order valence-corrected chi connectivity index (χ0v) is 27.8. The summed E-state index contributed by atoms with van der Waals surface area (Å²) in [4.78, 5) is 4.63. The van der Waals surface area contributed by atoms with Gasteiger partial charge in [0.2, 0.25) is 0 Å². The Morgan fingerprint density at radius 1 is 0.612 bits per heavy atom. The van der Waals surface area contributed by atoms with Crippen LogP contribution in [0.1, 0.15) is 39.2 Å². The molecule has 0 aliphatic heterocycles. The summed E-state index contributed by atoms with van der Waals surface area (Å²) in [6, 6.07) is 49.9. The van der Waals surface area contributed by atoms with Crippen LogP contribution in [0.5, 0.6) is 5.75 Å². The Bertz CT molecular complexity index is 2070. The number of aromatic nitrogens is 5. The molecule has 7 aromatic rings. The van der Waals surface area contributed by atoms with Crippen molar-refractivity contribution in [3.63, 3.8) is 0 Å². The maximum absolute atomic E-state index is 6.52. The Hall–Kier alpha value is -5.92. The number of pyridine rings is 1. The normalized spacial score (nSPS) is 11.4. The molecular formula is C42H37N5O2. The fourth-order valence-electron chi connectivity index (χ4n) is 6.73. The molecule has 0 saturated carbocycles. The van der Waals surface area contributed by atoms with E-state index < -0.39 is 5.54 Å². The molecule has 7 nitrogen and oxygen atoms in total. The van der Waals surface area contributed by atoms with Crippen LogP contribution in [0.15, 0.2) is 146 Å². The van der Waals surface area contributed by atoms with E-state index in [2.05, 4.69) is 119 Å². The molecule has 0 aliphatic carbocycles. The predicted molar refractivity (Wildman–Crippen MR) is 192 cm³/mol. The van der Waals surface area contributed by atoms with Crippen LogP contribution in [-0.2, 0) is 23.5 Å². The van der Waals surface area contributed by atoms with Crippen molar-refractivity contribution in [2.45, 2.75) is 32.6 Å². The third kappa shape index (κ3) is 6.01. The summed E-state index contributed by atoms with van der Waals surface area (Å²) >= 11 is 0. The lowest BCUT2D eigenvalue weighted by molar-refractivity contribution is 0.178. The molecule has 0 radical (unpaired) electrons. The van der Waals surface area contributed by atoms with Gasteiger partial charge in [-0.05, 0) is 57.7 Å². The fraction of sp³-hybridized carbons (Fsp3) is 0.143. The summed E-state index contributed by atoms with van der Waals surface area (Å²) in [6.07, 6.45) is 0. The van der Waals surface area contributed by atoms with E-state index in [9.17, 15) is 0 Å². The van der Waals surface area contributed by atoms with Gasteiger partial charge in [0.25, 0.3) is 0 Å². The van der Waals surface area contributed by atoms with Crippen LogP contribution in [-0.4, -0.2) is 32.3 Å². The van der Waals surface area contributed by atoms with Crippen molar-refractivity contribution < 1.29 is 9.47 Å². The Kier molecular flexibility index (Phi) is 9.08. The van der Waals surface area contributed by atoms with Crippen molar-refractivity contribution in [2.75, 3.05) is 7.11 Å². The number of rotatable bonds is 11. The molecule has 2 aromatic heterocycles. The number of tetrazole rings is 1. The van der Waals surface area contributed by atoms with E-state index in [1.54, 1.807) is 7.11 Å². The van der Waals surface area contributed by atoms with E-state index in [1.165, 1.54) is 0 Å². The highest BCUT2D eigenvalue weighted by molar-refractivity contribution is 5.82. The van der Waals surface area contributed by atoms with Crippen molar-refractivity contribution in [2.24, 2.45) is 0 Å². The zero-order chi connectivity index (χ0) is 33.6. The molecule has 0 spiro atoms. The second-order valence-electron chi connectivity index (χ2n) is 12.0. The molecule has 7 rings (SSSR count). The molecule has 0 amide bonds. The van der Waals surface area contributed by atoms with Gasteiger partial charge >= 0.3 is 0 Å². The van der Waals surface area contributed by atoms with Gasteiger partial charge in [-0.25, -0.2) is 4.68 Å². The number of hydrogen-bond acceptors (Lipinski definition) is 6. The van der Waals surface area contributed by atoms with Crippen LogP contribution in [0.25, 0.3) is 22.5 Å². The van der Waals surface area contributed by atoms with Gasteiger partial charge in [-0.3, -0.25) is 4.98 Å². The topological polar surface area (TPSA) is 75.0 Å². The standard InChI is InChI=1S/C42H37N5O2/c1-30-27-40(39(29-48-3)31(2)43-30)49-28-32-17-13-14-24-36(32)37-25-15-16-26-38(37)41-44-45-46-47(41)42(33-18-7-4-8-19-33,34-20-9-5-10-21-34)35-22-11-6-12-23-35/h4-27H,28-29H2,1-3H3. The quantitative estimate of drug-likeness (QED) is 0.132. The van der Waals surface area contributed by atoms with E-state index in [-0.39, 0.29) is 0 Å². The first-order valence-corrected chi connectivity index (χ1v) is 16.3. The first kappa shape index (κ1) is 31.7. The fourth-order valence-corrected chi connectivity index (χ4v) is 6.73. The monoisotopic (exact) mass is 643 g/mol. The molecule has 0 unspecified atom stereocenters. The van der Waals surface area contributed by atoms with Crippen molar-refractivity contribution in [3.8, 4) is 28.3 Å². The second-order valence-corrected chi connectivity index (χ2v) is 12.0. The van der Waals surface area contributed by atoms with Crippen molar-refractivity contribution in [3.05, 3.63) is 185 Å². The smallest absolute Gasteiger partial charge is 0.184 e. The van der Waals surface area contributed by atoms with E-state index >= 15 is 0 Å². The van der Waals surface area contributed by atoms with E-state index in [1.807, 2.05) is 54.9 Å². The molecule has 5 aromatic carbocycles. The van der Waals surface area contributed by atoms with Crippen LogP contribution in [0.2, 0.25) is 0 Å². The van der Waals surface area contributed by atoms with Crippen LogP contribution < -0.4 is 4.74 Å². The maximum atomic E-state index is 6.52. The van der Waals surface area contributed by atoms with E-state index in [0.29, 0.717) is 19.0 Å². The van der Waals surface area contributed by atoms with Gasteiger partial charge in [0.15, 0.2) is 5.82 Å². The second kappa shape index (κ2) is 14.1. The summed E-state index contributed by atoms with van der Waals surface area (Å²) in [7, 11) is 1.69. The van der Waals surface area contributed by atoms with Gasteiger partial charge in [-0.1, -0.05) is 140 Å². The summed E-state index contributed by atoms with van der Waals surface area (Å²) in [6.45, 7) is 4.75. The SMILES string of the molecule is COCc1c(OCc2ccccc2-c2ccccc2-c2nnnn2C(c2ccccc2)(c2ccccc2)c2ccccc2)cc(C)nc1C. The highest BCUT2D eigenvalue weighted by atomic mass is 16.5. The van der Waals surface area contributed by atoms with Gasteiger partial charge < -0.3 is 9.47 Å². The van der Waals surface area contributed by atoms with Gasteiger partial charge in [-0.15, -0.1) is 5.10 Å². The Morgan fingerprint density at radius 3 is 1.73 bits per heavy atom. The van der Waals surface area contributed by atoms with Crippen molar-refractivity contribution in [1.82, 2.24) is 25.2 Å². The van der Waals surface area contributed by atoms with Crippen molar-refractivity contribution >= 4 is 0 Å². The Labute approximate surface area is 286 Å².